The predicted molar refractivity (Wildman–Crippen MR) is 82.2 cm³/mol. The Kier molecular flexibility index (Phi) is 4.20. The van der Waals surface area contributed by atoms with E-state index in [9.17, 15) is 10.1 Å². The lowest BCUT2D eigenvalue weighted by atomic mass is 10.1. The molecular formula is C17H13N3O3. The van der Waals surface area contributed by atoms with Crippen molar-refractivity contribution in [3.8, 4) is 17.6 Å². The second-order valence-corrected chi connectivity index (χ2v) is 4.83. The Bertz CT molecular complexity index is 794. The molecule has 0 bridgehead atoms. The number of benzene rings is 1. The third-order valence-corrected chi connectivity index (χ3v) is 3.25. The number of ether oxygens (including phenoxy) is 2. The molecule has 0 unspecified atom stereocenters. The molecular weight excluding hydrogens is 294 g/mol. The zero-order valence-corrected chi connectivity index (χ0v) is 12.2. The number of pyridine rings is 1. The van der Waals surface area contributed by atoms with Crippen molar-refractivity contribution in [2.75, 3.05) is 6.79 Å². The number of nitrogens with one attached hydrogen (secondary N) is 1. The molecule has 0 saturated heterocycles. The molecule has 114 valence electrons. The second-order valence-electron chi connectivity index (χ2n) is 4.83. The van der Waals surface area contributed by atoms with E-state index in [0.717, 1.165) is 5.56 Å². The molecule has 0 fully saturated rings. The summed E-state index contributed by atoms with van der Waals surface area (Å²) >= 11 is 0. The first kappa shape index (κ1) is 14.6. The van der Waals surface area contributed by atoms with Gasteiger partial charge in [0.1, 0.15) is 11.6 Å². The summed E-state index contributed by atoms with van der Waals surface area (Å²) in [5.41, 5.74) is 1.58. The van der Waals surface area contributed by atoms with Gasteiger partial charge in [-0.15, -0.1) is 0 Å². The molecule has 2 aromatic rings. The molecule has 0 radical (unpaired) electrons. The summed E-state index contributed by atoms with van der Waals surface area (Å²) in [6, 6.07) is 10.8. The smallest absolute Gasteiger partial charge is 0.262 e. The highest BCUT2D eigenvalue weighted by Crippen LogP contribution is 2.33. The number of carbonyl (C=O) groups excluding carboxylic acids is 1. The Labute approximate surface area is 133 Å². The van der Waals surface area contributed by atoms with Crippen LogP contribution in [0.5, 0.6) is 11.5 Å². The summed E-state index contributed by atoms with van der Waals surface area (Å²) in [4.78, 5) is 16.1. The van der Waals surface area contributed by atoms with E-state index in [-0.39, 0.29) is 12.4 Å². The molecule has 1 aromatic heterocycles. The van der Waals surface area contributed by atoms with Gasteiger partial charge in [0.2, 0.25) is 6.79 Å². The fraction of sp³-hybridized carbons (Fsp3) is 0.118. The van der Waals surface area contributed by atoms with Crippen LogP contribution in [-0.2, 0) is 11.3 Å². The third-order valence-electron chi connectivity index (χ3n) is 3.25. The van der Waals surface area contributed by atoms with Crippen molar-refractivity contribution >= 4 is 12.0 Å². The van der Waals surface area contributed by atoms with Crippen molar-refractivity contribution in [3.63, 3.8) is 0 Å². The van der Waals surface area contributed by atoms with Gasteiger partial charge in [0.05, 0.1) is 0 Å². The van der Waals surface area contributed by atoms with E-state index in [4.69, 9.17) is 9.47 Å². The van der Waals surface area contributed by atoms with E-state index in [1.807, 2.05) is 12.1 Å². The molecule has 0 saturated carbocycles. The molecule has 1 amide bonds. The van der Waals surface area contributed by atoms with Crippen LogP contribution >= 0.6 is 0 Å². The van der Waals surface area contributed by atoms with Crippen molar-refractivity contribution in [2.24, 2.45) is 0 Å². The summed E-state index contributed by atoms with van der Waals surface area (Å²) in [6.45, 7) is 0.492. The van der Waals surface area contributed by atoms with Gasteiger partial charge in [-0.05, 0) is 35.4 Å². The highest BCUT2D eigenvalue weighted by atomic mass is 16.7. The van der Waals surface area contributed by atoms with Gasteiger partial charge in [-0.3, -0.25) is 9.78 Å². The Hall–Kier alpha value is -3.33. The van der Waals surface area contributed by atoms with E-state index < -0.39 is 5.91 Å². The van der Waals surface area contributed by atoms with Gasteiger partial charge >= 0.3 is 0 Å². The molecule has 6 heteroatoms. The maximum atomic E-state index is 12.1. The van der Waals surface area contributed by atoms with Crippen LogP contribution in [0.1, 0.15) is 11.1 Å². The number of nitrogens with zero attached hydrogens (tertiary/aromatic N) is 2. The minimum Gasteiger partial charge on any atom is -0.454 e. The number of rotatable bonds is 4. The van der Waals surface area contributed by atoms with Gasteiger partial charge in [0, 0.05) is 18.9 Å². The topological polar surface area (TPSA) is 84.2 Å². The zero-order valence-electron chi connectivity index (χ0n) is 12.2. The molecule has 3 rings (SSSR count). The van der Waals surface area contributed by atoms with E-state index in [0.29, 0.717) is 23.6 Å². The lowest BCUT2D eigenvalue weighted by Gasteiger charge is -2.04. The van der Waals surface area contributed by atoms with Gasteiger partial charge in [-0.25, -0.2) is 0 Å². The van der Waals surface area contributed by atoms with Crippen LogP contribution in [0.25, 0.3) is 6.08 Å². The molecule has 23 heavy (non-hydrogen) atoms. The van der Waals surface area contributed by atoms with Gasteiger partial charge in [0.15, 0.2) is 11.5 Å². The van der Waals surface area contributed by atoms with Crippen LogP contribution in [0.3, 0.4) is 0 Å². The average molecular weight is 307 g/mol. The number of hydrogen-bond donors (Lipinski definition) is 1. The van der Waals surface area contributed by atoms with Crippen LogP contribution in [0, 0.1) is 11.3 Å². The molecule has 1 aliphatic rings. The highest BCUT2D eigenvalue weighted by molar-refractivity contribution is 6.01. The van der Waals surface area contributed by atoms with Crippen LogP contribution in [0.4, 0.5) is 0 Å². The molecule has 6 nitrogen and oxygen atoms in total. The van der Waals surface area contributed by atoms with E-state index in [1.165, 1.54) is 6.08 Å². The highest BCUT2D eigenvalue weighted by Gasteiger charge is 2.14. The predicted octanol–water partition coefficient (Wildman–Crippen LogP) is 2.03. The van der Waals surface area contributed by atoms with Crippen molar-refractivity contribution in [1.29, 1.82) is 5.26 Å². The Morgan fingerprint density at radius 3 is 3.00 bits per heavy atom. The second kappa shape index (κ2) is 6.62. The van der Waals surface area contributed by atoms with E-state index in [1.54, 1.807) is 36.7 Å². The molecule has 0 atom stereocenters. The van der Waals surface area contributed by atoms with Gasteiger partial charge in [0.25, 0.3) is 5.91 Å². The van der Waals surface area contributed by atoms with E-state index in [2.05, 4.69) is 10.3 Å². The van der Waals surface area contributed by atoms with Crippen molar-refractivity contribution in [1.82, 2.24) is 10.3 Å². The van der Waals surface area contributed by atoms with Crippen LogP contribution in [0.15, 0.2) is 48.3 Å². The molecule has 1 N–H and O–H groups in total. The minimum atomic E-state index is -0.436. The number of fused-ring (bicyclic) bond motifs is 1. The van der Waals surface area contributed by atoms with Crippen LogP contribution in [-0.4, -0.2) is 17.7 Å². The maximum Gasteiger partial charge on any atom is 0.262 e. The average Bonchev–Trinajstić information content (AvgIpc) is 3.06. The summed E-state index contributed by atoms with van der Waals surface area (Å²) in [6.07, 6.45) is 4.83. The SMILES string of the molecule is N#CC(=Cc1ccc2c(c1)OCO2)C(=O)NCc1cccnc1. The fourth-order valence-electron chi connectivity index (χ4n) is 2.10. The summed E-state index contributed by atoms with van der Waals surface area (Å²) < 4.78 is 10.5. The lowest BCUT2D eigenvalue weighted by Crippen LogP contribution is -2.23. The van der Waals surface area contributed by atoms with Gasteiger partial charge in [-0.2, -0.15) is 5.26 Å². The van der Waals surface area contributed by atoms with Crippen LogP contribution < -0.4 is 14.8 Å². The summed E-state index contributed by atoms with van der Waals surface area (Å²) in [5.74, 6) is 0.822. The van der Waals surface area contributed by atoms with Crippen molar-refractivity contribution in [3.05, 3.63) is 59.4 Å². The summed E-state index contributed by atoms with van der Waals surface area (Å²) in [5, 5.41) is 11.9. The quantitative estimate of drug-likeness (QED) is 0.690. The largest absolute Gasteiger partial charge is 0.454 e. The van der Waals surface area contributed by atoms with Crippen LogP contribution in [0.2, 0.25) is 0 Å². The Morgan fingerprint density at radius 2 is 2.22 bits per heavy atom. The molecule has 0 aliphatic carbocycles. The Morgan fingerprint density at radius 1 is 1.35 bits per heavy atom. The molecule has 2 heterocycles. The molecule has 1 aromatic carbocycles. The number of aromatic nitrogens is 1. The number of hydrogen-bond acceptors (Lipinski definition) is 5. The number of nitriles is 1. The summed E-state index contributed by atoms with van der Waals surface area (Å²) in [7, 11) is 0. The fourth-order valence-corrected chi connectivity index (χ4v) is 2.10. The third kappa shape index (κ3) is 3.47. The molecule has 0 spiro atoms. The maximum absolute atomic E-state index is 12.1. The van der Waals surface area contributed by atoms with E-state index >= 15 is 0 Å². The zero-order chi connectivity index (χ0) is 16.1. The van der Waals surface area contributed by atoms with Crippen molar-refractivity contribution < 1.29 is 14.3 Å². The number of amides is 1. The first-order valence-electron chi connectivity index (χ1n) is 6.95. The van der Waals surface area contributed by atoms with Gasteiger partial charge in [-0.1, -0.05) is 12.1 Å². The number of carbonyl (C=O) groups is 1. The normalized spacial score (nSPS) is 12.6. The first-order chi connectivity index (χ1) is 11.3. The first-order valence-corrected chi connectivity index (χ1v) is 6.95. The standard InChI is InChI=1S/C17H13N3O3/c18-8-14(17(21)20-10-13-2-1-5-19-9-13)6-12-3-4-15-16(7-12)23-11-22-15/h1-7,9H,10-11H2,(H,20,21). The molecule has 1 aliphatic heterocycles. The van der Waals surface area contributed by atoms with Gasteiger partial charge < -0.3 is 14.8 Å². The lowest BCUT2D eigenvalue weighted by molar-refractivity contribution is -0.117. The Balaban J connectivity index is 1.71. The monoisotopic (exact) mass is 307 g/mol. The van der Waals surface area contributed by atoms with Crippen molar-refractivity contribution in [2.45, 2.75) is 6.54 Å². The minimum absolute atomic E-state index is 0.0211.